The van der Waals surface area contributed by atoms with Crippen molar-refractivity contribution in [1.82, 2.24) is 9.55 Å². The van der Waals surface area contributed by atoms with Gasteiger partial charge in [0.1, 0.15) is 10.1 Å². The molecular weight excluding hydrogens is 225 g/mol. The summed E-state index contributed by atoms with van der Waals surface area (Å²) in [7, 11) is -3.67. The maximum atomic E-state index is 10.5. The zero-order valence-corrected chi connectivity index (χ0v) is 10.2. The van der Waals surface area contributed by atoms with E-state index in [2.05, 4.69) is 4.98 Å². The molecule has 0 bridgehead atoms. The smallest absolute Gasteiger partial charge is 0.743 e. The molecule has 1 heterocycles. The van der Waals surface area contributed by atoms with Crippen LogP contribution in [0.3, 0.4) is 0 Å². The molecule has 0 saturated heterocycles. The second kappa shape index (κ2) is 4.36. The van der Waals surface area contributed by atoms with Crippen LogP contribution in [0, 0.1) is 10.1 Å². The number of aromatic nitrogens is 2. The van der Waals surface area contributed by atoms with E-state index >= 15 is 0 Å². The van der Waals surface area contributed by atoms with E-state index in [1.807, 2.05) is 0 Å². The Morgan fingerprint density at radius 3 is 2.36 bits per heavy atom. The Hall–Kier alpha value is -0.480. The Bertz CT molecular complexity index is 452. The van der Waals surface area contributed by atoms with E-state index in [0.29, 0.717) is 0 Å². The van der Waals surface area contributed by atoms with Crippen LogP contribution >= 0.6 is 0 Å². The average Bonchev–Trinajstić information content (AvgIpc) is 2.28. The minimum absolute atomic E-state index is 0. The van der Waals surface area contributed by atoms with Crippen molar-refractivity contribution in [2.45, 2.75) is 5.03 Å². The summed E-state index contributed by atoms with van der Waals surface area (Å²) in [5.74, 6) is -0.947. The Labute approximate surface area is 101 Å². The summed E-state index contributed by atoms with van der Waals surface area (Å²) >= 11 is 0. The molecular formula is C4H4N3NaO5S. The fourth-order valence-corrected chi connectivity index (χ4v) is 1.57. The van der Waals surface area contributed by atoms with E-state index in [0.717, 1.165) is 10.9 Å². The second-order valence-electron chi connectivity index (χ2n) is 2.20. The van der Waals surface area contributed by atoms with Gasteiger partial charge in [-0.15, -0.1) is 0 Å². The van der Waals surface area contributed by atoms with E-state index in [9.17, 15) is 23.1 Å². The number of nitrogens with zero attached hydrogens (tertiary/aromatic N) is 3. The third-order valence-electron chi connectivity index (χ3n) is 1.27. The van der Waals surface area contributed by atoms with Crippen molar-refractivity contribution in [3.8, 4) is 0 Å². The van der Waals surface area contributed by atoms with Crippen molar-refractivity contribution < 1.29 is 47.5 Å². The van der Waals surface area contributed by atoms with Gasteiger partial charge in [0.05, 0.1) is 0 Å². The van der Waals surface area contributed by atoms with Crippen molar-refractivity contribution in [2.75, 3.05) is 0 Å². The first-order valence-electron chi connectivity index (χ1n) is 2.95. The van der Waals surface area contributed by atoms with Gasteiger partial charge < -0.3 is 14.7 Å². The molecule has 10 heteroatoms. The monoisotopic (exact) mass is 229 g/mol. The number of imidazole rings is 1. The van der Waals surface area contributed by atoms with Crippen LogP contribution in [-0.4, -0.2) is 27.4 Å². The summed E-state index contributed by atoms with van der Waals surface area (Å²) < 4.78 is 32.3. The first-order chi connectivity index (χ1) is 5.84. The molecule has 1 rings (SSSR count). The van der Waals surface area contributed by atoms with Crippen LogP contribution in [0.2, 0.25) is 0 Å². The van der Waals surface area contributed by atoms with Crippen LogP contribution in [-0.2, 0) is 17.2 Å². The second-order valence-corrected chi connectivity index (χ2v) is 3.49. The molecule has 0 amide bonds. The molecule has 0 saturated carbocycles. The minimum Gasteiger partial charge on any atom is -0.743 e. The molecule has 14 heavy (non-hydrogen) atoms. The van der Waals surface area contributed by atoms with E-state index in [1.165, 1.54) is 7.05 Å². The molecule has 0 fully saturated rings. The maximum Gasteiger partial charge on any atom is 1.00 e. The number of hydrogen-bond donors (Lipinski definition) is 0. The topological polar surface area (TPSA) is 118 Å². The van der Waals surface area contributed by atoms with E-state index < -0.39 is 25.9 Å². The summed E-state index contributed by atoms with van der Waals surface area (Å²) in [6, 6.07) is 0. The number of nitro groups is 1. The molecule has 0 spiro atoms. The van der Waals surface area contributed by atoms with Crippen molar-refractivity contribution in [2.24, 2.45) is 7.05 Å². The van der Waals surface area contributed by atoms with Crippen molar-refractivity contribution in [3.63, 3.8) is 0 Å². The fraction of sp³-hybridized carbons (Fsp3) is 0.250. The fourth-order valence-electron chi connectivity index (χ4n) is 0.820. The predicted octanol–water partition coefficient (Wildman–Crippen LogP) is -3.76. The van der Waals surface area contributed by atoms with Gasteiger partial charge >= 0.3 is 35.4 Å². The molecule has 0 aromatic carbocycles. The first kappa shape index (κ1) is 13.5. The number of hydrogen-bond acceptors (Lipinski definition) is 6. The molecule has 1 aromatic heterocycles. The van der Waals surface area contributed by atoms with Crippen molar-refractivity contribution in [1.29, 1.82) is 0 Å². The van der Waals surface area contributed by atoms with Gasteiger partial charge in [-0.1, -0.05) is 0 Å². The largest absolute Gasteiger partial charge is 1.00 e. The Kier molecular flexibility index (Phi) is 4.21. The zero-order valence-electron chi connectivity index (χ0n) is 7.37. The first-order valence-corrected chi connectivity index (χ1v) is 4.36. The van der Waals surface area contributed by atoms with Gasteiger partial charge in [-0.25, -0.2) is 8.42 Å². The molecule has 8 nitrogen and oxygen atoms in total. The Morgan fingerprint density at radius 2 is 2.07 bits per heavy atom. The summed E-state index contributed by atoms with van der Waals surface area (Å²) in [6.45, 7) is 0. The summed E-state index contributed by atoms with van der Waals surface area (Å²) in [6.07, 6.45) is 0.892. The van der Waals surface area contributed by atoms with Gasteiger partial charge in [-0.2, -0.15) is 0 Å². The van der Waals surface area contributed by atoms with Crippen LogP contribution in [0.15, 0.2) is 11.4 Å². The van der Waals surface area contributed by atoms with Gasteiger partial charge in [0, 0.05) is 7.05 Å². The Balaban J connectivity index is 0.00000169. The Morgan fingerprint density at radius 1 is 1.57 bits per heavy atom. The quantitative estimate of drug-likeness (QED) is 0.222. The number of aryl methyl sites for hydroxylation is 1. The molecule has 72 valence electrons. The van der Waals surface area contributed by atoms with Gasteiger partial charge in [-0.05, 0) is 9.91 Å². The third kappa shape index (κ3) is 2.51. The SMILES string of the molecule is Cn1cnc([N+](=O)[O-])c1S(=O)(=O)[O-].[Na+]. The van der Waals surface area contributed by atoms with Crippen molar-refractivity contribution in [3.05, 3.63) is 16.4 Å². The van der Waals surface area contributed by atoms with Gasteiger partial charge in [0.2, 0.25) is 11.4 Å². The predicted molar refractivity (Wildman–Crippen MR) is 37.8 cm³/mol. The zero-order chi connectivity index (χ0) is 10.2. The van der Waals surface area contributed by atoms with Gasteiger partial charge in [0.15, 0.2) is 0 Å². The molecule has 0 aliphatic heterocycles. The maximum absolute atomic E-state index is 10.5. The summed E-state index contributed by atoms with van der Waals surface area (Å²) in [5, 5.41) is 9.28. The van der Waals surface area contributed by atoms with Gasteiger partial charge in [0.25, 0.3) is 0 Å². The van der Waals surface area contributed by atoms with Crippen LogP contribution in [0.5, 0.6) is 0 Å². The third-order valence-corrected chi connectivity index (χ3v) is 2.22. The molecule has 0 unspecified atom stereocenters. The van der Waals surface area contributed by atoms with Crippen LogP contribution in [0.4, 0.5) is 5.82 Å². The molecule has 0 N–H and O–H groups in total. The van der Waals surface area contributed by atoms with Crippen LogP contribution in [0.1, 0.15) is 0 Å². The number of rotatable bonds is 2. The van der Waals surface area contributed by atoms with Crippen LogP contribution in [0.25, 0.3) is 0 Å². The molecule has 0 aliphatic rings. The van der Waals surface area contributed by atoms with Crippen LogP contribution < -0.4 is 29.6 Å². The molecule has 0 atom stereocenters. The normalized spacial score (nSPS) is 10.7. The standard InChI is InChI=1S/C4H5N3O5S.Na/c1-6-2-5-3(7(8)9)4(6)13(10,11)12;/h2H,1H3,(H,10,11,12);/q;+1/p-1. The molecule has 0 aliphatic carbocycles. The van der Waals surface area contributed by atoms with Crippen molar-refractivity contribution >= 4 is 15.9 Å². The van der Waals surface area contributed by atoms with E-state index in [1.54, 1.807) is 0 Å². The summed E-state index contributed by atoms with van der Waals surface area (Å²) in [4.78, 5) is 12.4. The van der Waals surface area contributed by atoms with E-state index in [-0.39, 0.29) is 29.6 Å². The molecule has 1 aromatic rings. The average molecular weight is 229 g/mol. The van der Waals surface area contributed by atoms with E-state index in [4.69, 9.17) is 0 Å². The minimum atomic E-state index is -4.86. The summed E-state index contributed by atoms with van der Waals surface area (Å²) in [5.41, 5.74) is 0. The molecule has 0 radical (unpaired) electrons. The van der Waals surface area contributed by atoms with Gasteiger partial charge in [-0.3, -0.25) is 4.57 Å².